The maximum atomic E-state index is 11.4. The van der Waals surface area contributed by atoms with Crippen LogP contribution in [0.25, 0.3) is 0 Å². The Morgan fingerprint density at radius 3 is 2.47 bits per heavy atom. The standard InChI is InChI=1S/C12H17N3O3S/c1-2-7-14-9-12(16)15-8-10-3-5-11(6-4-10)19(13,17)18/h2-6,14H,1,7-9H2,(H,15,16)(H2,13,17,18). The van der Waals surface area contributed by atoms with Crippen LogP contribution in [-0.4, -0.2) is 27.4 Å². The van der Waals surface area contributed by atoms with Crippen molar-refractivity contribution in [1.82, 2.24) is 10.6 Å². The van der Waals surface area contributed by atoms with Crippen LogP contribution in [0.4, 0.5) is 0 Å². The van der Waals surface area contributed by atoms with Crippen molar-refractivity contribution in [3.8, 4) is 0 Å². The van der Waals surface area contributed by atoms with Gasteiger partial charge in [0.1, 0.15) is 0 Å². The first kappa shape index (κ1) is 15.4. The summed E-state index contributed by atoms with van der Waals surface area (Å²) in [5, 5.41) is 10.6. The van der Waals surface area contributed by atoms with E-state index in [9.17, 15) is 13.2 Å². The SMILES string of the molecule is C=CCNCC(=O)NCc1ccc(S(N)(=O)=O)cc1. The fourth-order valence-corrected chi connectivity index (χ4v) is 1.86. The van der Waals surface area contributed by atoms with E-state index in [0.29, 0.717) is 13.1 Å². The lowest BCUT2D eigenvalue weighted by Crippen LogP contribution is -2.33. The number of hydrogen-bond acceptors (Lipinski definition) is 4. The second kappa shape index (κ2) is 7.03. The van der Waals surface area contributed by atoms with E-state index in [0.717, 1.165) is 5.56 Å². The van der Waals surface area contributed by atoms with E-state index < -0.39 is 10.0 Å². The van der Waals surface area contributed by atoms with Crippen LogP contribution in [0.1, 0.15) is 5.56 Å². The molecule has 0 heterocycles. The molecule has 0 aliphatic carbocycles. The normalized spacial score (nSPS) is 11.0. The van der Waals surface area contributed by atoms with Gasteiger partial charge in [0.25, 0.3) is 0 Å². The number of carbonyl (C=O) groups is 1. The predicted octanol–water partition coefficient (Wildman–Crippen LogP) is -0.274. The van der Waals surface area contributed by atoms with Crippen molar-refractivity contribution in [3.63, 3.8) is 0 Å². The molecule has 104 valence electrons. The number of primary sulfonamides is 1. The molecular weight excluding hydrogens is 266 g/mol. The Balaban J connectivity index is 2.46. The fraction of sp³-hybridized carbons (Fsp3) is 0.250. The lowest BCUT2D eigenvalue weighted by molar-refractivity contribution is -0.120. The number of nitrogens with two attached hydrogens (primary N) is 1. The van der Waals surface area contributed by atoms with Crippen LogP contribution in [0.15, 0.2) is 41.8 Å². The topological polar surface area (TPSA) is 101 Å². The highest BCUT2D eigenvalue weighted by Crippen LogP contribution is 2.08. The maximum absolute atomic E-state index is 11.4. The Labute approximate surface area is 112 Å². The number of amides is 1. The summed E-state index contributed by atoms with van der Waals surface area (Å²) in [4.78, 5) is 11.4. The van der Waals surface area contributed by atoms with E-state index in [4.69, 9.17) is 5.14 Å². The highest BCUT2D eigenvalue weighted by atomic mass is 32.2. The second-order valence-corrected chi connectivity index (χ2v) is 5.45. The Kier molecular flexibility index (Phi) is 5.68. The van der Waals surface area contributed by atoms with Gasteiger partial charge >= 0.3 is 0 Å². The van der Waals surface area contributed by atoms with Crippen LogP contribution in [0.2, 0.25) is 0 Å². The molecular formula is C12H17N3O3S. The molecule has 0 radical (unpaired) electrons. The number of rotatable bonds is 7. The number of carbonyl (C=O) groups excluding carboxylic acids is 1. The molecule has 0 aliphatic heterocycles. The first-order valence-corrected chi connectivity index (χ1v) is 7.18. The van der Waals surface area contributed by atoms with Crippen LogP contribution < -0.4 is 15.8 Å². The monoisotopic (exact) mass is 283 g/mol. The molecule has 0 saturated carbocycles. The summed E-state index contributed by atoms with van der Waals surface area (Å²) in [6.07, 6.45) is 1.67. The molecule has 19 heavy (non-hydrogen) atoms. The predicted molar refractivity (Wildman–Crippen MR) is 72.7 cm³/mol. The van der Waals surface area contributed by atoms with E-state index in [1.54, 1.807) is 18.2 Å². The summed E-state index contributed by atoms with van der Waals surface area (Å²) >= 11 is 0. The molecule has 4 N–H and O–H groups in total. The van der Waals surface area contributed by atoms with Gasteiger partial charge in [-0.1, -0.05) is 18.2 Å². The van der Waals surface area contributed by atoms with E-state index in [2.05, 4.69) is 17.2 Å². The smallest absolute Gasteiger partial charge is 0.238 e. The zero-order valence-electron chi connectivity index (χ0n) is 10.4. The van der Waals surface area contributed by atoms with Gasteiger partial charge in [0.05, 0.1) is 11.4 Å². The van der Waals surface area contributed by atoms with Gasteiger partial charge < -0.3 is 10.6 Å². The van der Waals surface area contributed by atoms with E-state index in [-0.39, 0.29) is 17.3 Å². The minimum absolute atomic E-state index is 0.0511. The van der Waals surface area contributed by atoms with Gasteiger partial charge in [-0.25, -0.2) is 13.6 Å². The van der Waals surface area contributed by atoms with Gasteiger partial charge in [-0.15, -0.1) is 6.58 Å². The fourth-order valence-electron chi connectivity index (χ4n) is 1.35. The van der Waals surface area contributed by atoms with Crippen molar-refractivity contribution >= 4 is 15.9 Å². The van der Waals surface area contributed by atoms with Crippen LogP contribution in [-0.2, 0) is 21.4 Å². The molecule has 0 unspecified atom stereocenters. The second-order valence-electron chi connectivity index (χ2n) is 3.89. The molecule has 7 heteroatoms. The third-order valence-corrected chi connectivity index (χ3v) is 3.25. The Morgan fingerprint density at radius 1 is 1.32 bits per heavy atom. The van der Waals surface area contributed by atoms with Crippen molar-refractivity contribution < 1.29 is 13.2 Å². The quantitative estimate of drug-likeness (QED) is 0.473. The summed E-state index contributed by atoms with van der Waals surface area (Å²) < 4.78 is 22.1. The van der Waals surface area contributed by atoms with Crippen molar-refractivity contribution in [3.05, 3.63) is 42.5 Å². The molecule has 1 aromatic carbocycles. The Bertz CT molecular complexity index is 538. The van der Waals surface area contributed by atoms with Crippen molar-refractivity contribution in [1.29, 1.82) is 0 Å². The molecule has 0 aliphatic rings. The molecule has 0 bridgehead atoms. The minimum Gasteiger partial charge on any atom is -0.351 e. The van der Waals surface area contributed by atoms with E-state index in [1.807, 2.05) is 0 Å². The zero-order valence-corrected chi connectivity index (χ0v) is 11.2. The van der Waals surface area contributed by atoms with Gasteiger partial charge in [0.2, 0.25) is 15.9 Å². The number of nitrogens with one attached hydrogen (secondary N) is 2. The van der Waals surface area contributed by atoms with Crippen molar-refractivity contribution in [2.24, 2.45) is 5.14 Å². The number of benzene rings is 1. The van der Waals surface area contributed by atoms with Crippen molar-refractivity contribution in [2.45, 2.75) is 11.4 Å². The molecule has 1 aromatic rings. The van der Waals surface area contributed by atoms with Crippen molar-refractivity contribution in [2.75, 3.05) is 13.1 Å². The highest BCUT2D eigenvalue weighted by Gasteiger charge is 2.07. The maximum Gasteiger partial charge on any atom is 0.238 e. The molecule has 0 saturated heterocycles. The summed E-state index contributed by atoms with van der Waals surface area (Å²) in [5.41, 5.74) is 0.796. The van der Waals surface area contributed by atoms with Gasteiger partial charge in [-0.2, -0.15) is 0 Å². The van der Waals surface area contributed by atoms with Gasteiger partial charge in [0.15, 0.2) is 0 Å². The lowest BCUT2D eigenvalue weighted by atomic mass is 10.2. The van der Waals surface area contributed by atoms with Gasteiger partial charge in [-0.3, -0.25) is 4.79 Å². The van der Waals surface area contributed by atoms with E-state index in [1.165, 1.54) is 12.1 Å². The molecule has 6 nitrogen and oxygen atoms in total. The number of hydrogen-bond donors (Lipinski definition) is 3. The lowest BCUT2D eigenvalue weighted by Gasteiger charge is -2.06. The first-order chi connectivity index (χ1) is 8.93. The zero-order chi connectivity index (χ0) is 14.3. The summed E-state index contributed by atoms with van der Waals surface area (Å²) in [7, 11) is -3.67. The third-order valence-electron chi connectivity index (χ3n) is 2.32. The Hall–Kier alpha value is -1.70. The van der Waals surface area contributed by atoms with Gasteiger partial charge in [-0.05, 0) is 17.7 Å². The molecule has 0 fully saturated rings. The van der Waals surface area contributed by atoms with Crippen LogP contribution in [0.3, 0.4) is 0 Å². The molecule has 0 aromatic heterocycles. The molecule has 0 spiro atoms. The van der Waals surface area contributed by atoms with Crippen LogP contribution in [0.5, 0.6) is 0 Å². The largest absolute Gasteiger partial charge is 0.351 e. The summed E-state index contributed by atoms with van der Waals surface area (Å²) in [5.74, 6) is -0.141. The molecule has 0 atom stereocenters. The summed E-state index contributed by atoms with van der Waals surface area (Å²) in [6, 6.07) is 6.04. The minimum atomic E-state index is -3.67. The number of sulfonamides is 1. The Morgan fingerprint density at radius 2 is 1.95 bits per heavy atom. The average molecular weight is 283 g/mol. The highest BCUT2D eigenvalue weighted by molar-refractivity contribution is 7.89. The van der Waals surface area contributed by atoms with Crippen LogP contribution >= 0.6 is 0 Å². The van der Waals surface area contributed by atoms with E-state index >= 15 is 0 Å². The van der Waals surface area contributed by atoms with Gasteiger partial charge in [0, 0.05) is 13.1 Å². The average Bonchev–Trinajstić information content (AvgIpc) is 2.36. The summed E-state index contributed by atoms with van der Waals surface area (Å²) in [6.45, 7) is 4.63. The first-order valence-electron chi connectivity index (χ1n) is 5.63. The van der Waals surface area contributed by atoms with Crippen LogP contribution in [0, 0.1) is 0 Å². The third kappa shape index (κ3) is 5.64. The molecule has 1 rings (SSSR count). The molecule has 1 amide bonds.